The molecule has 126 valence electrons. The first-order valence-electron chi connectivity index (χ1n) is 8.08. The van der Waals surface area contributed by atoms with Crippen molar-refractivity contribution in [2.24, 2.45) is 0 Å². The van der Waals surface area contributed by atoms with Crippen molar-refractivity contribution in [2.75, 3.05) is 0 Å². The van der Waals surface area contributed by atoms with E-state index in [0.29, 0.717) is 17.3 Å². The van der Waals surface area contributed by atoms with Gasteiger partial charge in [0.25, 0.3) is 0 Å². The van der Waals surface area contributed by atoms with Crippen LogP contribution in [0.15, 0.2) is 43.1 Å². The lowest BCUT2D eigenvalue weighted by molar-refractivity contribution is 0.769. The number of halogens is 1. The summed E-state index contributed by atoms with van der Waals surface area (Å²) in [4.78, 5) is 8.96. The summed E-state index contributed by atoms with van der Waals surface area (Å²) in [5, 5.41) is 13.0. The van der Waals surface area contributed by atoms with Crippen LogP contribution in [0.5, 0.6) is 0 Å². The van der Waals surface area contributed by atoms with E-state index in [4.69, 9.17) is 11.6 Å². The SMILES string of the molecule is CCCc1c(Cc2ccnn2-c2ncccc2Cl)ncc2nncn12. The molecule has 0 aliphatic carbocycles. The van der Waals surface area contributed by atoms with E-state index in [1.807, 2.05) is 10.5 Å². The fraction of sp³-hybridized carbons (Fsp3) is 0.235. The molecule has 0 aromatic carbocycles. The van der Waals surface area contributed by atoms with Crippen LogP contribution in [0.3, 0.4) is 0 Å². The van der Waals surface area contributed by atoms with E-state index < -0.39 is 0 Å². The Labute approximate surface area is 149 Å². The zero-order valence-electron chi connectivity index (χ0n) is 13.7. The lowest BCUT2D eigenvalue weighted by Gasteiger charge is -2.12. The lowest BCUT2D eigenvalue weighted by atomic mass is 10.1. The Morgan fingerprint density at radius 2 is 2.08 bits per heavy atom. The van der Waals surface area contributed by atoms with Gasteiger partial charge in [-0.05, 0) is 24.6 Å². The average molecular weight is 354 g/mol. The summed E-state index contributed by atoms with van der Waals surface area (Å²) in [5.41, 5.74) is 3.82. The number of hydrogen-bond acceptors (Lipinski definition) is 5. The first kappa shape index (κ1) is 15.7. The molecule has 25 heavy (non-hydrogen) atoms. The molecule has 0 bridgehead atoms. The second-order valence-corrected chi connectivity index (χ2v) is 6.09. The molecule has 7 nitrogen and oxygen atoms in total. The fourth-order valence-corrected chi connectivity index (χ4v) is 3.10. The van der Waals surface area contributed by atoms with Crippen LogP contribution in [0.2, 0.25) is 5.02 Å². The Morgan fingerprint density at radius 3 is 2.92 bits per heavy atom. The molecule has 4 aromatic rings. The van der Waals surface area contributed by atoms with Crippen molar-refractivity contribution in [2.45, 2.75) is 26.2 Å². The molecule has 4 heterocycles. The van der Waals surface area contributed by atoms with Gasteiger partial charge in [-0.25, -0.2) is 9.67 Å². The molecule has 0 N–H and O–H groups in total. The van der Waals surface area contributed by atoms with Crippen molar-refractivity contribution < 1.29 is 0 Å². The van der Waals surface area contributed by atoms with E-state index in [1.165, 1.54) is 0 Å². The molecular formula is C17H16ClN7. The van der Waals surface area contributed by atoms with Crippen LogP contribution >= 0.6 is 11.6 Å². The molecule has 0 atom stereocenters. The summed E-state index contributed by atoms with van der Waals surface area (Å²) in [6, 6.07) is 5.56. The van der Waals surface area contributed by atoms with Crippen molar-refractivity contribution in [1.29, 1.82) is 0 Å². The highest BCUT2D eigenvalue weighted by molar-refractivity contribution is 6.32. The van der Waals surface area contributed by atoms with Gasteiger partial charge in [-0.3, -0.25) is 9.38 Å². The van der Waals surface area contributed by atoms with Gasteiger partial charge in [0.05, 0.1) is 22.6 Å². The summed E-state index contributed by atoms with van der Waals surface area (Å²) in [6.07, 6.45) is 9.46. The zero-order valence-corrected chi connectivity index (χ0v) is 14.4. The Balaban J connectivity index is 1.77. The minimum absolute atomic E-state index is 0.559. The van der Waals surface area contributed by atoms with Crippen LogP contribution in [0, 0.1) is 0 Å². The molecule has 0 saturated heterocycles. The highest BCUT2D eigenvalue weighted by Crippen LogP contribution is 2.21. The molecule has 4 rings (SSSR count). The topological polar surface area (TPSA) is 73.8 Å². The largest absolute Gasteiger partial charge is 0.283 e. The maximum absolute atomic E-state index is 6.28. The minimum Gasteiger partial charge on any atom is -0.283 e. The zero-order chi connectivity index (χ0) is 17.2. The van der Waals surface area contributed by atoms with E-state index in [2.05, 4.69) is 32.2 Å². The van der Waals surface area contributed by atoms with E-state index in [9.17, 15) is 0 Å². The van der Waals surface area contributed by atoms with Gasteiger partial charge in [0.1, 0.15) is 6.33 Å². The second kappa shape index (κ2) is 6.60. The van der Waals surface area contributed by atoms with Gasteiger partial charge in [-0.1, -0.05) is 24.9 Å². The van der Waals surface area contributed by atoms with Gasteiger partial charge in [0.2, 0.25) is 0 Å². The predicted octanol–water partition coefficient (Wildman–Crippen LogP) is 2.90. The monoisotopic (exact) mass is 353 g/mol. The van der Waals surface area contributed by atoms with Crippen LogP contribution in [0.25, 0.3) is 11.5 Å². The molecule has 8 heteroatoms. The Kier molecular flexibility index (Phi) is 4.15. The fourth-order valence-electron chi connectivity index (χ4n) is 2.90. The van der Waals surface area contributed by atoms with Gasteiger partial charge < -0.3 is 0 Å². The van der Waals surface area contributed by atoms with Gasteiger partial charge in [0.15, 0.2) is 11.5 Å². The highest BCUT2D eigenvalue weighted by Gasteiger charge is 2.15. The second-order valence-electron chi connectivity index (χ2n) is 5.68. The van der Waals surface area contributed by atoms with Gasteiger partial charge in [-0.2, -0.15) is 5.10 Å². The van der Waals surface area contributed by atoms with Crippen LogP contribution in [0.1, 0.15) is 30.4 Å². The molecule has 0 spiro atoms. The Bertz CT molecular complexity index is 1020. The lowest BCUT2D eigenvalue weighted by Crippen LogP contribution is -2.10. The summed E-state index contributed by atoms with van der Waals surface area (Å²) in [7, 11) is 0. The van der Waals surface area contributed by atoms with Crippen LogP contribution in [0.4, 0.5) is 0 Å². The Hall–Kier alpha value is -2.80. The van der Waals surface area contributed by atoms with E-state index in [1.54, 1.807) is 41.7 Å². The third-order valence-corrected chi connectivity index (χ3v) is 4.33. The van der Waals surface area contributed by atoms with Crippen LogP contribution in [-0.4, -0.2) is 34.3 Å². The first-order chi connectivity index (χ1) is 12.3. The molecule has 0 radical (unpaired) electrons. The first-order valence-corrected chi connectivity index (χ1v) is 8.46. The summed E-state index contributed by atoms with van der Waals surface area (Å²) >= 11 is 6.28. The van der Waals surface area contributed by atoms with Gasteiger partial charge in [-0.15, -0.1) is 10.2 Å². The number of nitrogens with zero attached hydrogens (tertiary/aromatic N) is 7. The van der Waals surface area contributed by atoms with Crippen molar-refractivity contribution in [3.8, 4) is 5.82 Å². The van der Waals surface area contributed by atoms with Crippen LogP contribution < -0.4 is 0 Å². The maximum atomic E-state index is 6.28. The summed E-state index contributed by atoms with van der Waals surface area (Å²) < 4.78 is 3.76. The number of pyridine rings is 1. The molecule has 0 saturated carbocycles. The van der Waals surface area contributed by atoms with E-state index in [0.717, 1.165) is 35.6 Å². The van der Waals surface area contributed by atoms with Gasteiger partial charge >= 0.3 is 0 Å². The molecule has 0 amide bonds. The number of hydrogen-bond donors (Lipinski definition) is 0. The van der Waals surface area contributed by atoms with Gasteiger partial charge in [0, 0.05) is 24.5 Å². The van der Waals surface area contributed by atoms with Crippen molar-refractivity contribution in [1.82, 2.24) is 34.3 Å². The normalized spacial score (nSPS) is 11.3. The third kappa shape index (κ3) is 2.87. The summed E-state index contributed by atoms with van der Waals surface area (Å²) in [6.45, 7) is 2.14. The maximum Gasteiger partial charge on any atom is 0.179 e. The molecule has 0 fully saturated rings. The van der Waals surface area contributed by atoms with Crippen LogP contribution in [-0.2, 0) is 12.8 Å². The number of fused-ring (bicyclic) bond motifs is 1. The minimum atomic E-state index is 0.559. The number of aromatic nitrogens is 7. The third-order valence-electron chi connectivity index (χ3n) is 4.03. The Morgan fingerprint density at radius 1 is 1.16 bits per heavy atom. The van der Waals surface area contributed by atoms with Crippen molar-refractivity contribution >= 4 is 17.2 Å². The molecule has 0 aliphatic heterocycles. The highest BCUT2D eigenvalue weighted by atomic mass is 35.5. The number of aryl methyl sites for hydroxylation is 1. The molecule has 0 unspecified atom stereocenters. The van der Waals surface area contributed by atoms with E-state index >= 15 is 0 Å². The standard InChI is InChI=1S/C17H16ClN7/c1-2-4-15-14(20-10-16-23-21-11-24(15)16)9-12-6-8-22-25(12)17-13(18)5-3-7-19-17/h3,5-8,10-11H,2,4,9H2,1H3. The van der Waals surface area contributed by atoms with E-state index in [-0.39, 0.29) is 0 Å². The molecule has 4 aromatic heterocycles. The number of rotatable bonds is 5. The predicted molar refractivity (Wildman–Crippen MR) is 94.0 cm³/mol. The summed E-state index contributed by atoms with van der Waals surface area (Å²) in [5.74, 6) is 0.617. The molecular weight excluding hydrogens is 338 g/mol. The van der Waals surface area contributed by atoms with Crippen molar-refractivity contribution in [3.63, 3.8) is 0 Å². The smallest absolute Gasteiger partial charge is 0.179 e. The average Bonchev–Trinajstić information content (AvgIpc) is 3.27. The van der Waals surface area contributed by atoms with Crippen molar-refractivity contribution in [3.05, 3.63) is 65.2 Å². The quantitative estimate of drug-likeness (QED) is 0.551. The molecule has 0 aliphatic rings.